The Morgan fingerprint density at radius 1 is 1.22 bits per heavy atom. The number of rotatable bonds is 4. The Balaban J connectivity index is 2.11. The SMILES string of the molecule is Cc1cc(C(C)Nc2nnc(C(C)Cl)o2)c(C)o1. The number of alkyl halides is 1. The van der Waals surface area contributed by atoms with E-state index in [4.69, 9.17) is 20.4 Å². The number of aryl methyl sites for hydroxylation is 2. The Hall–Kier alpha value is -1.49. The smallest absolute Gasteiger partial charge is 0.315 e. The van der Waals surface area contributed by atoms with Crippen molar-refractivity contribution in [3.63, 3.8) is 0 Å². The van der Waals surface area contributed by atoms with Crippen molar-refractivity contribution in [1.29, 1.82) is 0 Å². The molecule has 2 aromatic heterocycles. The van der Waals surface area contributed by atoms with Gasteiger partial charge in [-0.2, -0.15) is 0 Å². The van der Waals surface area contributed by atoms with Crippen LogP contribution < -0.4 is 5.32 Å². The topological polar surface area (TPSA) is 64.1 Å². The van der Waals surface area contributed by atoms with Crippen molar-refractivity contribution in [2.75, 3.05) is 5.32 Å². The zero-order valence-electron chi connectivity index (χ0n) is 10.8. The lowest BCUT2D eigenvalue weighted by molar-refractivity contribution is 0.493. The third-order valence-electron chi connectivity index (χ3n) is 2.67. The number of hydrogen-bond acceptors (Lipinski definition) is 5. The average Bonchev–Trinajstić information content (AvgIpc) is 2.85. The van der Waals surface area contributed by atoms with Crippen molar-refractivity contribution in [3.8, 4) is 0 Å². The van der Waals surface area contributed by atoms with E-state index in [1.54, 1.807) is 6.92 Å². The Bertz CT molecular complexity index is 533. The van der Waals surface area contributed by atoms with Crippen LogP contribution >= 0.6 is 11.6 Å². The van der Waals surface area contributed by atoms with Crippen LogP contribution in [0.4, 0.5) is 6.01 Å². The summed E-state index contributed by atoms with van der Waals surface area (Å²) in [5.74, 6) is 2.18. The molecular weight excluding hydrogens is 254 g/mol. The summed E-state index contributed by atoms with van der Waals surface area (Å²) in [6.45, 7) is 7.64. The predicted molar refractivity (Wildman–Crippen MR) is 68.8 cm³/mol. The molecule has 0 bridgehead atoms. The van der Waals surface area contributed by atoms with Gasteiger partial charge in [-0.3, -0.25) is 0 Å². The van der Waals surface area contributed by atoms with Crippen molar-refractivity contribution < 1.29 is 8.83 Å². The summed E-state index contributed by atoms with van der Waals surface area (Å²) in [5.41, 5.74) is 1.08. The minimum Gasteiger partial charge on any atom is -0.466 e. The lowest BCUT2D eigenvalue weighted by Gasteiger charge is -2.10. The molecule has 2 heterocycles. The minimum atomic E-state index is -0.290. The van der Waals surface area contributed by atoms with Crippen LogP contribution in [0.2, 0.25) is 0 Å². The average molecular weight is 270 g/mol. The second-order valence-electron chi connectivity index (χ2n) is 4.30. The third kappa shape index (κ3) is 2.67. The highest BCUT2D eigenvalue weighted by Gasteiger charge is 2.16. The van der Waals surface area contributed by atoms with Crippen LogP contribution in [0.5, 0.6) is 0 Å². The fourth-order valence-electron chi connectivity index (χ4n) is 1.80. The summed E-state index contributed by atoms with van der Waals surface area (Å²) in [6.07, 6.45) is 0. The maximum absolute atomic E-state index is 5.86. The monoisotopic (exact) mass is 269 g/mol. The fourth-order valence-corrected chi connectivity index (χ4v) is 1.89. The summed E-state index contributed by atoms with van der Waals surface area (Å²) >= 11 is 5.86. The lowest BCUT2D eigenvalue weighted by atomic mass is 10.1. The number of hydrogen-bond donors (Lipinski definition) is 1. The molecule has 0 aliphatic carbocycles. The quantitative estimate of drug-likeness (QED) is 0.857. The van der Waals surface area contributed by atoms with Crippen molar-refractivity contribution in [1.82, 2.24) is 10.2 Å². The number of aromatic nitrogens is 2. The molecule has 0 aliphatic rings. The molecule has 18 heavy (non-hydrogen) atoms. The van der Waals surface area contributed by atoms with Gasteiger partial charge in [0.2, 0.25) is 5.89 Å². The first-order valence-electron chi connectivity index (χ1n) is 5.78. The molecule has 6 heteroatoms. The van der Waals surface area contributed by atoms with Gasteiger partial charge in [-0.1, -0.05) is 5.10 Å². The van der Waals surface area contributed by atoms with Gasteiger partial charge in [0.1, 0.15) is 16.9 Å². The molecule has 0 radical (unpaired) electrons. The molecule has 0 amide bonds. The minimum absolute atomic E-state index is 0.0291. The van der Waals surface area contributed by atoms with Gasteiger partial charge in [0.25, 0.3) is 0 Å². The summed E-state index contributed by atoms with van der Waals surface area (Å²) in [6, 6.07) is 2.39. The van der Waals surface area contributed by atoms with E-state index in [9.17, 15) is 0 Å². The molecule has 0 saturated carbocycles. The van der Waals surface area contributed by atoms with Crippen LogP contribution in [0.1, 0.15) is 48.2 Å². The van der Waals surface area contributed by atoms with Crippen LogP contribution in [-0.4, -0.2) is 10.2 Å². The molecule has 0 spiro atoms. The number of anilines is 1. The zero-order chi connectivity index (χ0) is 13.3. The molecule has 2 rings (SSSR count). The van der Waals surface area contributed by atoms with Crippen molar-refractivity contribution in [2.24, 2.45) is 0 Å². The molecule has 98 valence electrons. The van der Waals surface area contributed by atoms with Gasteiger partial charge in [-0.05, 0) is 33.8 Å². The maximum Gasteiger partial charge on any atom is 0.315 e. The summed E-state index contributed by atoms with van der Waals surface area (Å²) in [4.78, 5) is 0. The van der Waals surface area contributed by atoms with Crippen molar-refractivity contribution in [3.05, 3.63) is 29.0 Å². The molecule has 0 aromatic carbocycles. The highest BCUT2D eigenvalue weighted by molar-refractivity contribution is 6.20. The van der Waals surface area contributed by atoms with Crippen LogP contribution in [0.25, 0.3) is 0 Å². The van der Waals surface area contributed by atoms with E-state index in [-0.39, 0.29) is 11.4 Å². The van der Waals surface area contributed by atoms with Gasteiger partial charge in [0, 0.05) is 5.56 Å². The van der Waals surface area contributed by atoms with E-state index in [2.05, 4.69) is 15.5 Å². The maximum atomic E-state index is 5.86. The van der Waals surface area contributed by atoms with Crippen LogP contribution in [0.3, 0.4) is 0 Å². The fraction of sp³-hybridized carbons (Fsp3) is 0.500. The first kappa shape index (κ1) is 13.0. The van der Waals surface area contributed by atoms with E-state index in [1.807, 2.05) is 26.8 Å². The zero-order valence-corrected chi connectivity index (χ0v) is 11.6. The van der Waals surface area contributed by atoms with Gasteiger partial charge < -0.3 is 14.2 Å². The highest BCUT2D eigenvalue weighted by Crippen LogP contribution is 2.25. The second kappa shape index (κ2) is 5.02. The largest absolute Gasteiger partial charge is 0.466 e. The highest BCUT2D eigenvalue weighted by atomic mass is 35.5. The standard InChI is InChI=1S/C12H16ClN3O2/c1-6-5-10(9(4)17-6)8(3)14-12-16-15-11(18-12)7(2)13/h5,7-8H,1-4H3,(H,14,16). The van der Waals surface area contributed by atoms with E-state index in [0.29, 0.717) is 11.9 Å². The first-order valence-corrected chi connectivity index (χ1v) is 6.22. The van der Waals surface area contributed by atoms with Crippen molar-refractivity contribution >= 4 is 17.6 Å². The Morgan fingerprint density at radius 2 is 1.94 bits per heavy atom. The predicted octanol–water partition coefficient (Wildman–Crippen LogP) is 3.75. The third-order valence-corrected chi connectivity index (χ3v) is 2.85. The van der Waals surface area contributed by atoms with Crippen molar-refractivity contribution in [2.45, 2.75) is 39.1 Å². The Morgan fingerprint density at radius 3 is 2.44 bits per heavy atom. The summed E-state index contributed by atoms with van der Waals surface area (Å²) in [7, 11) is 0. The van der Waals surface area contributed by atoms with Gasteiger partial charge in [-0.25, -0.2) is 0 Å². The van der Waals surface area contributed by atoms with Crippen LogP contribution in [0, 0.1) is 13.8 Å². The summed E-state index contributed by atoms with van der Waals surface area (Å²) < 4.78 is 10.9. The van der Waals surface area contributed by atoms with E-state index in [1.165, 1.54) is 0 Å². The number of furan rings is 1. The molecule has 1 N–H and O–H groups in total. The number of nitrogens with zero attached hydrogens (tertiary/aromatic N) is 2. The van der Waals surface area contributed by atoms with E-state index >= 15 is 0 Å². The first-order chi connectivity index (χ1) is 8.47. The molecular formula is C12H16ClN3O2. The van der Waals surface area contributed by atoms with E-state index < -0.39 is 0 Å². The normalized spacial score (nSPS) is 14.5. The number of halogens is 1. The summed E-state index contributed by atoms with van der Waals surface area (Å²) in [5, 5.41) is 10.6. The van der Waals surface area contributed by atoms with Gasteiger partial charge >= 0.3 is 6.01 Å². The molecule has 2 unspecified atom stereocenters. The van der Waals surface area contributed by atoms with E-state index in [0.717, 1.165) is 17.1 Å². The van der Waals surface area contributed by atoms with Gasteiger partial charge in [-0.15, -0.1) is 16.7 Å². The molecule has 5 nitrogen and oxygen atoms in total. The lowest BCUT2D eigenvalue weighted by Crippen LogP contribution is -2.07. The molecule has 2 aromatic rings. The van der Waals surface area contributed by atoms with Crippen LogP contribution in [0.15, 0.2) is 14.9 Å². The second-order valence-corrected chi connectivity index (χ2v) is 4.95. The molecule has 0 aliphatic heterocycles. The molecule has 0 fully saturated rings. The van der Waals surface area contributed by atoms with Gasteiger partial charge in [0.05, 0.1) is 6.04 Å². The Labute approximate surface area is 111 Å². The van der Waals surface area contributed by atoms with Crippen LogP contribution in [-0.2, 0) is 0 Å². The molecule has 2 atom stereocenters. The molecule has 0 saturated heterocycles. The Kier molecular flexibility index (Phi) is 3.61. The van der Waals surface area contributed by atoms with Gasteiger partial charge in [0.15, 0.2) is 0 Å². The number of nitrogens with one attached hydrogen (secondary N) is 1.